The highest BCUT2D eigenvalue weighted by molar-refractivity contribution is 5.85. The van der Waals surface area contributed by atoms with Crippen LogP contribution in [0.4, 0.5) is 0 Å². The highest BCUT2D eigenvalue weighted by atomic mass is 16.3. The van der Waals surface area contributed by atoms with Crippen molar-refractivity contribution < 1.29 is 9.90 Å². The van der Waals surface area contributed by atoms with Gasteiger partial charge in [-0.1, -0.05) is 18.2 Å². The first kappa shape index (κ1) is 12.1. The number of aromatic nitrogens is 1. The van der Waals surface area contributed by atoms with E-state index in [-0.39, 0.29) is 25.6 Å². The molecular weight excluding hydrogens is 230 g/mol. The Morgan fingerprint density at radius 2 is 2.28 bits per heavy atom. The van der Waals surface area contributed by atoms with Gasteiger partial charge in [-0.2, -0.15) is 5.26 Å². The summed E-state index contributed by atoms with van der Waals surface area (Å²) in [5.74, 6) is -0.221. The molecule has 0 fully saturated rings. The lowest BCUT2D eigenvalue weighted by Crippen LogP contribution is -2.27. The molecule has 0 radical (unpaired) electrons. The predicted molar refractivity (Wildman–Crippen MR) is 66.5 cm³/mol. The minimum Gasteiger partial charge on any atom is -0.392 e. The fourth-order valence-electron chi connectivity index (χ4n) is 1.95. The average molecular weight is 243 g/mol. The molecule has 5 nitrogen and oxygen atoms in total. The van der Waals surface area contributed by atoms with Crippen molar-refractivity contribution in [3.8, 4) is 6.07 Å². The summed E-state index contributed by atoms with van der Waals surface area (Å²) >= 11 is 0. The third kappa shape index (κ3) is 2.34. The number of hydrogen-bond acceptors (Lipinski definition) is 3. The Balaban J connectivity index is 2.29. The molecule has 1 aromatic carbocycles. The van der Waals surface area contributed by atoms with Crippen LogP contribution in [0.25, 0.3) is 10.9 Å². The number of nitrogens with one attached hydrogen (secondary N) is 1. The number of aliphatic hydroxyl groups excluding tert-OH is 1. The number of nitrogens with zero attached hydrogens (tertiary/aromatic N) is 2. The number of fused-ring (bicyclic) bond motifs is 1. The number of carbonyl (C=O) groups excluding carboxylic acids is 1. The molecule has 1 aromatic heterocycles. The van der Waals surface area contributed by atoms with Crippen LogP contribution < -0.4 is 5.32 Å². The van der Waals surface area contributed by atoms with Crippen molar-refractivity contribution in [2.45, 2.75) is 13.2 Å². The summed E-state index contributed by atoms with van der Waals surface area (Å²) in [6.45, 7) is 0.0776. The molecule has 2 aromatic rings. The van der Waals surface area contributed by atoms with Crippen LogP contribution in [-0.4, -0.2) is 22.1 Å². The molecule has 0 aliphatic rings. The molecule has 2 rings (SSSR count). The van der Waals surface area contributed by atoms with Crippen LogP contribution in [0.3, 0.4) is 0 Å². The highest BCUT2D eigenvalue weighted by Crippen LogP contribution is 2.20. The Morgan fingerprint density at radius 3 is 3.00 bits per heavy atom. The Labute approximate surface area is 104 Å². The standard InChI is InChI=1S/C13H13N3O2/c14-5-6-15-12(18)8-16-7-4-10-2-1-3-11(9-17)13(10)16/h1-4,7,17H,6,8-9H2,(H,15,18). The molecule has 0 aliphatic carbocycles. The summed E-state index contributed by atoms with van der Waals surface area (Å²) in [6.07, 6.45) is 1.80. The van der Waals surface area contributed by atoms with E-state index in [0.29, 0.717) is 0 Å². The van der Waals surface area contributed by atoms with Gasteiger partial charge in [-0.25, -0.2) is 0 Å². The maximum absolute atomic E-state index is 11.6. The van der Waals surface area contributed by atoms with Crippen molar-refractivity contribution in [2.75, 3.05) is 6.54 Å². The second-order valence-electron chi connectivity index (χ2n) is 3.89. The molecule has 2 N–H and O–H groups in total. The fraction of sp³-hybridized carbons (Fsp3) is 0.231. The van der Waals surface area contributed by atoms with Crippen LogP contribution in [0, 0.1) is 11.3 Å². The maximum atomic E-state index is 11.6. The third-order valence-corrected chi connectivity index (χ3v) is 2.72. The Bertz CT molecular complexity index is 610. The van der Waals surface area contributed by atoms with E-state index in [2.05, 4.69) is 5.32 Å². The van der Waals surface area contributed by atoms with Crippen molar-refractivity contribution in [2.24, 2.45) is 0 Å². The molecule has 1 heterocycles. The van der Waals surface area contributed by atoms with Gasteiger partial charge in [-0.3, -0.25) is 4.79 Å². The summed E-state index contributed by atoms with van der Waals surface area (Å²) in [4.78, 5) is 11.6. The van der Waals surface area contributed by atoms with Crippen LogP contribution >= 0.6 is 0 Å². The second-order valence-corrected chi connectivity index (χ2v) is 3.89. The minimum atomic E-state index is -0.221. The lowest BCUT2D eigenvalue weighted by molar-refractivity contribution is -0.121. The first-order chi connectivity index (χ1) is 8.76. The first-order valence-corrected chi connectivity index (χ1v) is 5.57. The average Bonchev–Trinajstić information content (AvgIpc) is 2.79. The van der Waals surface area contributed by atoms with Crippen LogP contribution in [0.5, 0.6) is 0 Å². The quantitative estimate of drug-likeness (QED) is 0.779. The number of nitriles is 1. The third-order valence-electron chi connectivity index (χ3n) is 2.72. The van der Waals surface area contributed by atoms with E-state index in [4.69, 9.17) is 5.26 Å². The topological polar surface area (TPSA) is 78.0 Å². The number of benzene rings is 1. The van der Waals surface area contributed by atoms with Crippen molar-refractivity contribution in [1.82, 2.24) is 9.88 Å². The summed E-state index contributed by atoms with van der Waals surface area (Å²) in [6, 6.07) is 9.37. The van der Waals surface area contributed by atoms with E-state index < -0.39 is 0 Å². The number of para-hydroxylation sites is 1. The van der Waals surface area contributed by atoms with Crippen LogP contribution in [0.2, 0.25) is 0 Å². The summed E-state index contributed by atoms with van der Waals surface area (Å²) < 4.78 is 1.77. The lowest BCUT2D eigenvalue weighted by atomic mass is 10.1. The molecule has 0 spiro atoms. The predicted octanol–water partition coefficient (Wildman–Crippen LogP) is 0.773. The maximum Gasteiger partial charge on any atom is 0.240 e. The first-order valence-electron chi connectivity index (χ1n) is 5.57. The van der Waals surface area contributed by atoms with Crippen molar-refractivity contribution in [1.29, 1.82) is 5.26 Å². The zero-order valence-electron chi connectivity index (χ0n) is 9.76. The van der Waals surface area contributed by atoms with E-state index >= 15 is 0 Å². The van der Waals surface area contributed by atoms with E-state index in [1.165, 1.54) is 0 Å². The molecule has 18 heavy (non-hydrogen) atoms. The normalized spacial score (nSPS) is 10.2. The summed E-state index contributed by atoms with van der Waals surface area (Å²) in [7, 11) is 0. The zero-order chi connectivity index (χ0) is 13.0. The number of carbonyl (C=O) groups is 1. The number of rotatable bonds is 4. The van der Waals surface area contributed by atoms with Gasteiger partial charge in [0.05, 0.1) is 18.2 Å². The molecule has 0 bridgehead atoms. The lowest BCUT2D eigenvalue weighted by Gasteiger charge is -2.08. The van der Waals surface area contributed by atoms with Gasteiger partial charge >= 0.3 is 0 Å². The summed E-state index contributed by atoms with van der Waals surface area (Å²) in [5, 5.41) is 21.2. The van der Waals surface area contributed by atoms with Gasteiger partial charge in [0.15, 0.2) is 0 Å². The van der Waals surface area contributed by atoms with Crippen LogP contribution in [0.15, 0.2) is 30.5 Å². The van der Waals surface area contributed by atoms with Gasteiger partial charge in [0.1, 0.15) is 13.1 Å². The van der Waals surface area contributed by atoms with Gasteiger partial charge in [-0.05, 0) is 11.5 Å². The van der Waals surface area contributed by atoms with Gasteiger partial charge in [-0.15, -0.1) is 0 Å². The monoisotopic (exact) mass is 243 g/mol. The van der Waals surface area contributed by atoms with Gasteiger partial charge < -0.3 is 15.0 Å². The molecule has 0 unspecified atom stereocenters. The smallest absolute Gasteiger partial charge is 0.240 e. The number of aliphatic hydroxyl groups is 1. The van der Waals surface area contributed by atoms with E-state index in [1.807, 2.05) is 30.3 Å². The van der Waals surface area contributed by atoms with Crippen LogP contribution in [-0.2, 0) is 17.9 Å². The van der Waals surface area contributed by atoms with Crippen molar-refractivity contribution >= 4 is 16.8 Å². The number of amides is 1. The Kier molecular flexibility index (Phi) is 3.60. The molecule has 5 heteroatoms. The van der Waals surface area contributed by atoms with Gasteiger partial charge in [0.25, 0.3) is 0 Å². The largest absolute Gasteiger partial charge is 0.392 e. The van der Waals surface area contributed by atoms with Crippen molar-refractivity contribution in [3.63, 3.8) is 0 Å². The SMILES string of the molecule is N#CCNC(=O)Cn1ccc2cccc(CO)c21. The summed E-state index contributed by atoms with van der Waals surface area (Å²) in [5.41, 5.74) is 1.64. The fourth-order valence-corrected chi connectivity index (χ4v) is 1.95. The molecular formula is C13H13N3O2. The van der Waals surface area contributed by atoms with Gasteiger partial charge in [0, 0.05) is 11.8 Å². The molecule has 0 saturated heterocycles. The molecule has 0 saturated carbocycles. The second kappa shape index (κ2) is 5.34. The molecule has 0 aliphatic heterocycles. The van der Waals surface area contributed by atoms with Gasteiger partial charge in [0.2, 0.25) is 5.91 Å². The molecule has 92 valence electrons. The molecule has 0 atom stereocenters. The van der Waals surface area contributed by atoms with E-state index in [0.717, 1.165) is 16.5 Å². The van der Waals surface area contributed by atoms with Crippen LogP contribution in [0.1, 0.15) is 5.56 Å². The highest BCUT2D eigenvalue weighted by Gasteiger charge is 2.08. The van der Waals surface area contributed by atoms with Crippen molar-refractivity contribution in [3.05, 3.63) is 36.0 Å². The number of hydrogen-bond donors (Lipinski definition) is 2. The van der Waals surface area contributed by atoms with E-state index in [1.54, 1.807) is 10.8 Å². The van der Waals surface area contributed by atoms with E-state index in [9.17, 15) is 9.90 Å². The Morgan fingerprint density at radius 1 is 1.44 bits per heavy atom. The Hall–Kier alpha value is -2.32. The zero-order valence-corrected chi connectivity index (χ0v) is 9.76. The minimum absolute atomic E-state index is 0.00485. The molecule has 1 amide bonds.